The van der Waals surface area contributed by atoms with Gasteiger partial charge in [-0.05, 0) is 78.6 Å². The van der Waals surface area contributed by atoms with E-state index in [1.165, 1.54) is 4.90 Å². The van der Waals surface area contributed by atoms with E-state index in [0.29, 0.717) is 30.7 Å². The molecular weight excluding hydrogens is 509 g/mol. The first-order valence-electron chi connectivity index (χ1n) is 10.5. The van der Waals surface area contributed by atoms with E-state index < -0.39 is 0 Å². The van der Waals surface area contributed by atoms with Crippen molar-refractivity contribution in [2.24, 2.45) is 0 Å². The summed E-state index contributed by atoms with van der Waals surface area (Å²) in [6.07, 6.45) is 3.78. The number of aromatic nitrogens is 2. The van der Waals surface area contributed by atoms with Crippen LogP contribution in [-0.4, -0.2) is 46.3 Å². The maximum Gasteiger partial charge on any atom is 0.261 e. The van der Waals surface area contributed by atoms with E-state index in [2.05, 4.69) is 27.7 Å². The number of fused-ring (bicyclic) bond motifs is 2. The van der Waals surface area contributed by atoms with Crippen molar-refractivity contribution >= 4 is 45.3 Å². The van der Waals surface area contributed by atoms with Crippen LogP contribution in [0.5, 0.6) is 5.75 Å². The van der Waals surface area contributed by atoms with E-state index in [9.17, 15) is 9.59 Å². The van der Waals surface area contributed by atoms with E-state index in [-0.39, 0.29) is 18.0 Å². The smallest absolute Gasteiger partial charge is 0.261 e. The third kappa shape index (κ3) is 3.82. The minimum atomic E-state index is -0.228. The zero-order chi connectivity index (χ0) is 21.4. The van der Waals surface area contributed by atoms with Gasteiger partial charge in [-0.3, -0.25) is 14.5 Å². The molecule has 31 heavy (non-hydrogen) atoms. The first kappa shape index (κ1) is 20.4. The van der Waals surface area contributed by atoms with E-state index >= 15 is 0 Å². The number of benzene rings is 2. The summed E-state index contributed by atoms with van der Waals surface area (Å²) in [4.78, 5) is 26.2. The van der Waals surface area contributed by atoms with Crippen LogP contribution in [0.3, 0.4) is 0 Å². The molecule has 3 aromatic rings. The Labute approximate surface area is 193 Å². The normalized spacial score (nSPS) is 18.6. The molecule has 0 saturated carbocycles. The highest BCUT2D eigenvalue weighted by atomic mass is 127. The van der Waals surface area contributed by atoms with Crippen molar-refractivity contribution in [2.75, 3.05) is 19.8 Å². The van der Waals surface area contributed by atoms with Gasteiger partial charge < -0.3 is 9.47 Å². The van der Waals surface area contributed by atoms with Crippen molar-refractivity contribution in [1.82, 2.24) is 14.7 Å². The lowest BCUT2D eigenvalue weighted by molar-refractivity contribution is -0.0368. The molecule has 2 aliphatic heterocycles. The number of hydrogen-bond donors (Lipinski definition) is 0. The fraction of sp³-hybridized carbons (Fsp3) is 0.348. The van der Waals surface area contributed by atoms with Crippen LogP contribution >= 0.6 is 22.6 Å². The van der Waals surface area contributed by atoms with Crippen molar-refractivity contribution < 1.29 is 19.1 Å². The van der Waals surface area contributed by atoms with Crippen molar-refractivity contribution in [1.29, 1.82) is 0 Å². The lowest BCUT2D eigenvalue weighted by Crippen LogP contribution is -2.31. The van der Waals surface area contributed by atoms with Crippen LogP contribution < -0.4 is 4.74 Å². The highest BCUT2D eigenvalue weighted by Crippen LogP contribution is 2.31. The van der Waals surface area contributed by atoms with E-state index in [0.717, 1.165) is 46.2 Å². The summed E-state index contributed by atoms with van der Waals surface area (Å²) in [6.45, 7) is 1.52. The van der Waals surface area contributed by atoms with E-state index in [1.807, 2.05) is 22.9 Å². The van der Waals surface area contributed by atoms with Gasteiger partial charge in [0.2, 0.25) is 0 Å². The summed E-state index contributed by atoms with van der Waals surface area (Å²) in [5.41, 5.74) is 1.99. The topological polar surface area (TPSA) is 73.7 Å². The Balaban J connectivity index is 1.21. The van der Waals surface area contributed by atoms with Gasteiger partial charge in [0.1, 0.15) is 9.45 Å². The largest absolute Gasteiger partial charge is 0.494 e. The number of imide groups is 1. The van der Waals surface area contributed by atoms with Gasteiger partial charge in [-0.25, -0.2) is 4.68 Å². The first-order valence-corrected chi connectivity index (χ1v) is 11.6. The van der Waals surface area contributed by atoms with Crippen molar-refractivity contribution in [3.8, 4) is 5.75 Å². The van der Waals surface area contributed by atoms with Gasteiger partial charge in [0, 0.05) is 18.5 Å². The van der Waals surface area contributed by atoms with E-state index in [4.69, 9.17) is 9.47 Å². The molecule has 2 aliphatic rings. The standard InChI is InChI=1S/C23H22IN3O4/c24-21-18-14-15(9-10-19(18)27(25-21)20-8-3-4-12-31-20)30-13-5-11-26-22(28)16-6-1-2-7-17(16)23(26)29/h1-2,6-7,9-10,14,20H,3-5,8,11-13H2. The number of nitrogens with zero attached hydrogens (tertiary/aromatic N) is 3. The molecule has 0 N–H and O–H groups in total. The molecule has 1 saturated heterocycles. The summed E-state index contributed by atoms with van der Waals surface area (Å²) in [5.74, 6) is 0.291. The Hall–Kier alpha value is -2.46. The maximum absolute atomic E-state index is 12.4. The monoisotopic (exact) mass is 531 g/mol. The number of hydrogen-bond acceptors (Lipinski definition) is 5. The minimum absolute atomic E-state index is 0.00816. The van der Waals surface area contributed by atoms with Crippen molar-refractivity contribution in [3.05, 3.63) is 57.3 Å². The molecule has 5 rings (SSSR count). The zero-order valence-corrected chi connectivity index (χ0v) is 19.1. The molecule has 1 atom stereocenters. The highest BCUT2D eigenvalue weighted by molar-refractivity contribution is 14.1. The molecule has 7 nitrogen and oxygen atoms in total. The van der Waals surface area contributed by atoms with Gasteiger partial charge >= 0.3 is 0 Å². The fourth-order valence-corrected chi connectivity index (χ4v) is 4.83. The second-order valence-electron chi connectivity index (χ2n) is 7.75. The lowest BCUT2D eigenvalue weighted by atomic mass is 10.1. The number of halogens is 1. The number of amides is 2. The van der Waals surface area contributed by atoms with Gasteiger partial charge in [-0.1, -0.05) is 12.1 Å². The van der Waals surface area contributed by atoms with Crippen LogP contribution in [0.25, 0.3) is 10.9 Å². The van der Waals surface area contributed by atoms with Crippen LogP contribution in [0.15, 0.2) is 42.5 Å². The van der Waals surface area contributed by atoms with Crippen LogP contribution in [0.2, 0.25) is 0 Å². The SMILES string of the molecule is O=C1c2ccccc2C(=O)N1CCCOc1ccc2c(c1)c(I)nn2C1CCCCO1. The molecule has 160 valence electrons. The molecule has 0 bridgehead atoms. The van der Waals surface area contributed by atoms with Crippen molar-refractivity contribution in [3.63, 3.8) is 0 Å². The average molecular weight is 531 g/mol. The van der Waals surface area contributed by atoms with Gasteiger partial charge in [0.25, 0.3) is 11.8 Å². The van der Waals surface area contributed by atoms with Crippen LogP contribution in [0, 0.1) is 3.70 Å². The molecule has 2 aromatic carbocycles. The van der Waals surface area contributed by atoms with E-state index in [1.54, 1.807) is 24.3 Å². The summed E-state index contributed by atoms with van der Waals surface area (Å²) < 4.78 is 14.7. The molecule has 0 radical (unpaired) electrons. The number of carbonyl (C=O) groups excluding carboxylic acids is 2. The van der Waals surface area contributed by atoms with Crippen molar-refractivity contribution in [2.45, 2.75) is 31.9 Å². The Morgan fingerprint density at radius 2 is 1.87 bits per heavy atom. The molecule has 2 amide bonds. The molecule has 3 heterocycles. The Morgan fingerprint density at radius 1 is 1.10 bits per heavy atom. The summed E-state index contributed by atoms with van der Waals surface area (Å²) in [7, 11) is 0. The minimum Gasteiger partial charge on any atom is -0.494 e. The van der Waals surface area contributed by atoms with Crippen LogP contribution in [-0.2, 0) is 4.74 Å². The third-order valence-electron chi connectivity index (χ3n) is 5.73. The number of ether oxygens (including phenoxy) is 2. The predicted molar refractivity (Wildman–Crippen MR) is 123 cm³/mol. The average Bonchev–Trinajstić information content (AvgIpc) is 3.26. The van der Waals surface area contributed by atoms with Crippen LogP contribution in [0.1, 0.15) is 52.6 Å². The summed E-state index contributed by atoms with van der Waals surface area (Å²) in [5, 5.41) is 5.72. The molecule has 8 heteroatoms. The van der Waals surface area contributed by atoms with Gasteiger partial charge in [-0.2, -0.15) is 5.10 Å². The highest BCUT2D eigenvalue weighted by Gasteiger charge is 2.34. The fourth-order valence-electron chi connectivity index (χ4n) is 4.16. The van der Waals surface area contributed by atoms with Gasteiger partial charge in [-0.15, -0.1) is 0 Å². The molecule has 0 aliphatic carbocycles. The first-order chi connectivity index (χ1) is 15.1. The van der Waals surface area contributed by atoms with Crippen LogP contribution in [0.4, 0.5) is 0 Å². The second kappa shape index (κ2) is 8.58. The summed E-state index contributed by atoms with van der Waals surface area (Å²) in [6, 6.07) is 12.9. The third-order valence-corrected chi connectivity index (χ3v) is 6.53. The zero-order valence-electron chi connectivity index (χ0n) is 16.9. The molecule has 0 spiro atoms. The Morgan fingerprint density at radius 3 is 2.58 bits per heavy atom. The second-order valence-corrected chi connectivity index (χ2v) is 8.77. The van der Waals surface area contributed by atoms with Gasteiger partial charge in [0.05, 0.1) is 23.3 Å². The van der Waals surface area contributed by atoms with Gasteiger partial charge in [0.15, 0.2) is 6.23 Å². The molecule has 1 aromatic heterocycles. The molecule has 1 unspecified atom stereocenters. The molecular formula is C23H22IN3O4. The predicted octanol–water partition coefficient (Wildman–Crippen LogP) is 4.41. The number of carbonyl (C=O) groups is 2. The summed E-state index contributed by atoms with van der Waals surface area (Å²) >= 11 is 2.24. The Kier molecular flexibility index (Phi) is 5.66. The lowest BCUT2D eigenvalue weighted by Gasteiger charge is -2.23. The Bertz CT molecular complexity index is 1120. The number of rotatable bonds is 6. The molecule has 1 fully saturated rings. The quantitative estimate of drug-likeness (QED) is 0.268. The maximum atomic E-state index is 12.4.